The van der Waals surface area contributed by atoms with Gasteiger partial charge in [0.05, 0.1) is 11.4 Å². The van der Waals surface area contributed by atoms with Gasteiger partial charge in [0.15, 0.2) is 0 Å². The van der Waals surface area contributed by atoms with Crippen LogP contribution in [0.2, 0.25) is 0 Å². The normalized spacial score (nSPS) is 14.8. The van der Waals surface area contributed by atoms with Crippen LogP contribution in [0, 0.1) is 13.8 Å². The second-order valence-corrected chi connectivity index (χ2v) is 5.70. The summed E-state index contributed by atoms with van der Waals surface area (Å²) in [7, 11) is 0. The highest BCUT2D eigenvalue weighted by atomic mass is 79.9. The van der Waals surface area contributed by atoms with E-state index in [9.17, 15) is 0 Å². The first kappa shape index (κ1) is 11.8. The molecule has 0 bridgehead atoms. The van der Waals surface area contributed by atoms with Crippen molar-refractivity contribution in [3.63, 3.8) is 0 Å². The molecular formula is C14H16BrN3. The van der Waals surface area contributed by atoms with Crippen LogP contribution in [-0.4, -0.2) is 15.6 Å². The maximum atomic E-state index is 4.57. The number of rotatable bonds is 3. The van der Waals surface area contributed by atoms with Crippen molar-refractivity contribution in [1.82, 2.24) is 9.55 Å². The van der Waals surface area contributed by atoms with E-state index in [1.165, 1.54) is 18.4 Å². The lowest BCUT2D eigenvalue weighted by Crippen LogP contribution is -2.08. The van der Waals surface area contributed by atoms with Gasteiger partial charge in [-0.25, -0.2) is 4.98 Å². The summed E-state index contributed by atoms with van der Waals surface area (Å²) in [6.45, 7) is 4.13. The van der Waals surface area contributed by atoms with Crippen LogP contribution in [0.1, 0.15) is 24.1 Å². The van der Waals surface area contributed by atoms with Crippen molar-refractivity contribution in [2.45, 2.75) is 32.7 Å². The Kier molecular flexibility index (Phi) is 2.90. The van der Waals surface area contributed by atoms with E-state index >= 15 is 0 Å². The molecule has 1 N–H and O–H groups in total. The Bertz CT molecular complexity index is 585. The zero-order valence-corrected chi connectivity index (χ0v) is 12.2. The van der Waals surface area contributed by atoms with Crippen LogP contribution in [0.5, 0.6) is 0 Å². The van der Waals surface area contributed by atoms with Gasteiger partial charge in [-0.1, -0.05) is 12.1 Å². The van der Waals surface area contributed by atoms with Gasteiger partial charge in [0.2, 0.25) is 5.95 Å². The fourth-order valence-corrected chi connectivity index (χ4v) is 2.47. The number of aryl methyl sites for hydroxylation is 2. The molecule has 0 radical (unpaired) electrons. The molecule has 1 aromatic carbocycles. The molecule has 1 heterocycles. The lowest BCUT2D eigenvalue weighted by Gasteiger charge is -2.12. The Balaban J connectivity index is 2.06. The number of imidazole rings is 1. The standard InChI is InChI=1S/C14H16BrN3/c1-9-4-3-5-12(13(9)15)18-8-10(2)16-14(18)17-11-6-7-11/h3-5,8,11H,6-7H2,1-2H3,(H,16,17). The highest BCUT2D eigenvalue weighted by molar-refractivity contribution is 9.10. The summed E-state index contributed by atoms with van der Waals surface area (Å²) in [6, 6.07) is 6.89. The number of anilines is 1. The smallest absolute Gasteiger partial charge is 0.207 e. The van der Waals surface area contributed by atoms with Crippen molar-refractivity contribution < 1.29 is 0 Å². The predicted octanol–water partition coefficient (Wildman–Crippen LogP) is 3.83. The van der Waals surface area contributed by atoms with Gasteiger partial charge in [-0.2, -0.15) is 0 Å². The van der Waals surface area contributed by atoms with E-state index in [0.29, 0.717) is 6.04 Å². The molecule has 1 saturated carbocycles. The number of hydrogen-bond acceptors (Lipinski definition) is 2. The minimum atomic E-state index is 0.606. The maximum absolute atomic E-state index is 4.57. The Hall–Kier alpha value is -1.29. The fourth-order valence-electron chi connectivity index (χ4n) is 2.01. The molecule has 1 aliphatic rings. The van der Waals surface area contributed by atoms with Crippen molar-refractivity contribution in [2.75, 3.05) is 5.32 Å². The van der Waals surface area contributed by atoms with Gasteiger partial charge < -0.3 is 5.32 Å². The summed E-state index contributed by atoms with van der Waals surface area (Å²) in [5.74, 6) is 0.946. The Morgan fingerprint density at radius 2 is 2.11 bits per heavy atom. The van der Waals surface area contributed by atoms with E-state index in [0.717, 1.165) is 21.8 Å². The number of halogens is 1. The average molecular weight is 306 g/mol. The largest absolute Gasteiger partial charge is 0.353 e. The first-order valence-corrected chi connectivity index (χ1v) is 7.02. The van der Waals surface area contributed by atoms with Crippen LogP contribution in [0.4, 0.5) is 5.95 Å². The van der Waals surface area contributed by atoms with E-state index in [1.807, 2.05) is 6.92 Å². The van der Waals surface area contributed by atoms with Crippen LogP contribution >= 0.6 is 15.9 Å². The number of hydrogen-bond donors (Lipinski definition) is 1. The van der Waals surface area contributed by atoms with Gasteiger partial charge in [0, 0.05) is 16.7 Å². The molecule has 4 heteroatoms. The molecule has 1 aromatic heterocycles. The third-order valence-corrected chi connectivity index (χ3v) is 4.20. The second kappa shape index (κ2) is 4.43. The molecule has 3 rings (SSSR count). The Morgan fingerprint density at radius 1 is 1.33 bits per heavy atom. The molecule has 0 amide bonds. The van der Waals surface area contributed by atoms with Crippen molar-refractivity contribution in [3.05, 3.63) is 40.1 Å². The second-order valence-electron chi connectivity index (χ2n) is 4.90. The first-order valence-electron chi connectivity index (χ1n) is 6.23. The molecule has 0 saturated heterocycles. The van der Waals surface area contributed by atoms with Crippen LogP contribution < -0.4 is 5.32 Å². The van der Waals surface area contributed by atoms with Crippen LogP contribution in [0.15, 0.2) is 28.9 Å². The summed E-state index contributed by atoms with van der Waals surface area (Å²) in [6.07, 6.45) is 4.58. The highest BCUT2D eigenvalue weighted by Gasteiger charge is 2.23. The third kappa shape index (κ3) is 2.17. The molecule has 1 aliphatic carbocycles. The molecule has 1 fully saturated rings. The zero-order chi connectivity index (χ0) is 12.7. The molecule has 0 unspecified atom stereocenters. The van der Waals surface area contributed by atoms with Crippen LogP contribution in [0.3, 0.4) is 0 Å². The summed E-state index contributed by atoms with van der Waals surface area (Å²) in [5.41, 5.74) is 3.40. The van der Waals surface area contributed by atoms with Gasteiger partial charge in [-0.15, -0.1) is 0 Å². The van der Waals surface area contributed by atoms with Crippen molar-refractivity contribution in [2.24, 2.45) is 0 Å². The Morgan fingerprint density at radius 3 is 2.83 bits per heavy atom. The summed E-state index contributed by atoms with van der Waals surface area (Å²) >= 11 is 3.67. The highest BCUT2D eigenvalue weighted by Crippen LogP contribution is 2.30. The van der Waals surface area contributed by atoms with E-state index in [2.05, 4.69) is 62.1 Å². The summed E-state index contributed by atoms with van der Waals surface area (Å²) in [4.78, 5) is 4.57. The van der Waals surface area contributed by atoms with Crippen LogP contribution in [-0.2, 0) is 0 Å². The van der Waals surface area contributed by atoms with E-state index in [1.54, 1.807) is 0 Å². The monoisotopic (exact) mass is 305 g/mol. The SMILES string of the molecule is Cc1cn(-c2cccc(C)c2Br)c(NC2CC2)n1. The molecule has 0 spiro atoms. The molecule has 2 aromatic rings. The minimum Gasteiger partial charge on any atom is -0.353 e. The molecule has 94 valence electrons. The van der Waals surface area contributed by atoms with Crippen molar-refractivity contribution >= 4 is 21.9 Å². The molecule has 0 aliphatic heterocycles. The lowest BCUT2D eigenvalue weighted by atomic mass is 10.2. The summed E-state index contributed by atoms with van der Waals surface area (Å²) in [5, 5.41) is 3.48. The molecule has 0 atom stereocenters. The average Bonchev–Trinajstić information content (AvgIpc) is 3.06. The number of nitrogens with one attached hydrogen (secondary N) is 1. The fraction of sp³-hybridized carbons (Fsp3) is 0.357. The quantitative estimate of drug-likeness (QED) is 0.934. The van der Waals surface area contributed by atoms with Gasteiger partial charge in [-0.3, -0.25) is 4.57 Å². The maximum Gasteiger partial charge on any atom is 0.207 e. The number of aromatic nitrogens is 2. The molecule has 18 heavy (non-hydrogen) atoms. The number of nitrogens with zero attached hydrogens (tertiary/aromatic N) is 2. The van der Waals surface area contributed by atoms with Crippen LogP contribution in [0.25, 0.3) is 5.69 Å². The van der Waals surface area contributed by atoms with Gasteiger partial charge in [0.25, 0.3) is 0 Å². The lowest BCUT2D eigenvalue weighted by molar-refractivity contribution is 0.996. The zero-order valence-electron chi connectivity index (χ0n) is 10.6. The Labute approximate surface area is 115 Å². The van der Waals surface area contributed by atoms with Crippen molar-refractivity contribution in [1.29, 1.82) is 0 Å². The molecular weight excluding hydrogens is 290 g/mol. The van der Waals surface area contributed by atoms with E-state index < -0.39 is 0 Å². The van der Waals surface area contributed by atoms with Gasteiger partial charge in [-0.05, 0) is 54.2 Å². The minimum absolute atomic E-state index is 0.606. The third-order valence-electron chi connectivity index (χ3n) is 3.17. The summed E-state index contributed by atoms with van der Waals surface area (Å²) < 4.78 is 3.26. The van der Waals surface area contributed by atoms with E-state index in [4.69, 9.17) is 0 Å². The first-order chi connectivity index (χ1) is 8.65. The van der Waals surface area contributed by atoms with Crippen molar-refractivity contribution in [3.8, 4) is 5.69 Å². The van der Waals surface area contributed by atoms with E-state index in [-0.39, 0.29) is 0 Å². The topological polar surface area (TPSA) is 29.9 Å². The van der Waals surface area contributed by atoms with Gasteiger partial charge >= 0.3 is 0 Å². The molecule has 3 nitrogen and oxygen atoms in total. The predicted molar refractivity (Wildman–Crippen MR) is 77.4 cm³/mol. The van der Waals surface area contributed by atoms with Gasteiger partial charge in [0.1, 0.15) is 0 Å². The number of benzene rings is 1.